The minimum atomic E-state index is -0.549. The summed E-state index contributed by atoms with van der Waals surface area (Å²) in [6.45, 7) is 8.98. The number of benzene rings is 1. The Morgan fingerprint density at radius 3 is 2.10 bits per heavy atom. The Morgan fingerprint density at radius 1 is 1.20 bits per heavy atom. The van der Waals surface area contributed by atoms with Crippen molar-refractivity contribution in [1.82, 2.24) is 0 Å². The summed E-state index contributed by atoms with van der Waals surface area (Å²) >= 11 is 12.4. The van der Waals surface area contributed by atoms with Gasteiger partial charge in [0.15, 0.2) is 0 Å². The highest BCUT2D eigenvalue weighted by Gasteiger charge is 2.29. The first-order valence-electron chi connectivity index (χ1n) is 7.00. The van der Waals surface area contributed by atoms with E-state index in [9.17, 15) is 5.11 Å². The second-order valence-corrected chi connectivity index (χ2v) is 7.36. The summed E-state index contributed by atoms with van der Waals surface area (Å²) in [5.41, 5.74) is 6.75. The predicted octanol–water partition coefficient (Wildman–Crippen LogP) is 4.47. The Kier molecular flexibility index (Phi) is 6.33. The molecule has 114 valence electrons. The van der Waals surface area contributed by atoms with Crippen LogP contribution in [0, 0.1) is 11.3 Å². The molecule has 0 aliphatic carbocycles. The molecule has 0 bridgehead atoms. The number of aliphatic hydroxyl groups is 1. The van der Waals surface area contributed by atoms with Crippen LogP contribution in [0.2, 0.25) is 10.0 Å². The largest absolute Gasteiger partial charge is 0.392 e. The van der Waals surface area contributed by atoms with Gasteiger partial charge < -0.3 is 10.8 Å². The topological polar surface area (TPSA) is 46.2 Å². The van der Waals surface area contributed by atoms with Gasteiger partial charge >= 0.3 is 0 Å². The summed E-state index contributed by atoms with van der Waals surface area (Å²) in [6, 6.07) is 5.36. The first-order chi connectivity index (χ1) is 9.18. The van der Waals surface area contributed by atoms with E-state index in [0.717, 1.165) is 5.56 Å². The van der Waals surface area contributed by atoms with E-state index < -0.39 is 6.10 Å². The zero-order valence-corrected chi connectivity index (χ0v) is 14.2. The van der Waals surface area contributed by atoms with E-state index in [0.29, 0.717) is 28.9 Å². The number of aliphatic hydroxyl groups excluding tert-OH is 1. The lowest BCUT2D eigenvalue weighted by Crippen LogP contribution is -2.31. The summed E-state index contributed by atoms with van der Waals surface area (Å²) in [4.78, 5) is 0. The first-order valence-corrected chi connectivity index (χ1v) is 7.76. The number of nitrogens with two attached hydrogens (primary N) is 1. The third-order valence-electron chi connectivity index (χ3n) is 4.16. The van der Waals surface area contributed by atoms with Crippen LogP contribution < -0.4 is 5.73 Å². The van der Waals surface area contributed by atoms with Gasteiger partial charge in [0.05, 0.1) is 6.10 Å². The Balaban J connectivity index is 2.96. The number of rotatable bonds is 5. The molecule has 3 unspecified atom stereocenters. The van der Waals surface area contributed by atoms with E-state index >= 15 is 0 Å². The molecule has 0 heterocycles. The molecule has 0 spiro atoms. The van der Waals surface area contributed by atoms with Crippen LogP contribution in [0.25, 0.3) is 0 Å². The Labute approximate surface area is 132 Å². The highest BCUT2D eigenvalue weighted by Crippen LogP contribution is 2.37. The second-order valence-electron chi connectivity index (χ2n) is 6.55. The summed E-state index contributed by atoms with van der Waals surface area (Å²) in [5.74, 6) is 0.133. The standard InChI is InChI=1S/C16H25Cl2NO/c1-10(16(2,3)4)8-14(20)11(9-19)15-12(17)6-5-7-13(15)18/h5-7,10-11,14,20H,8-9,19H2,1-4H3. The zero-order valence-electron chi connectivity index (χ0n) is 12.7. The van der Waals surface area contributed by atoms with Crippen molar-refractivity contribution in [2.24, 2.45) is 17.1 Å². The van der Waals surface area contributed by atoms with Crippen LogP contribution in [-0.2, 0) is 0 Å². The highest BCUT2D eigenvalue weighted by atomic mass is 35.5. The molecule has 0 aliphatic heterocycles. The van der Waals surface area contributed by atoms with Crippen molar-refractivity contribution in [3.05, 3.63) is 33.8 Å². The summed E-state index contributed by atoms with van der Waals surface area (Å²) in [5, 5.41) is 11.7. The van der Waals surface area contributed by atoms with Gasteiger partial charge in [-0.15, -0.1) is 0 Å². The molecule has 3 atom stereocenters. The Hall–Kier alpha value is -0.280. The van der Waals surface area contributed by atoms with Crippen LogP contribution >= 0.6 is 23.2 Å². The van der Waals surface area contributed by atoms with E-state index in [1.165, 1.54) is 0 Å². The molecule has 3 N–H and O–H groups in total. The van der Waals surface area contributed by atoms with Gasteiger partial charge in [-0.2, -0.15) is 0 Å². The van der Waals surface area contributed by atoms with Gasteiger partial charge in [0.25, 0.3) is 0 Å². The van der Waals surface area contributed by atoms with Crippen molar-refractivity contribution in [2.75, 3.05) is 6.54 Å². The molecule has 1 aromatic carbocycles. The van der Waals surface area contributed by atoms with Crippen LogP contribution in [0.15, 0.2) is 18.2 Å². The van der Waals surface area contributed by atoms with Crippen LogP contribution in [0.1, 0.15) is 45.6 Å². The molecule has 0 saturated heterocycles. The number of hydrogen-bond donors (Lipinski definition) is 2. The van der Waals surface area contributed by atoms with E-state index in [1.807, 2.05) is 0 Å². The quantitative estimate of drug-likeness (QED) is 0.841. The molecule has 0 saturated carbocycles. The molecule has 0 fully saturated rings. The second kappa shape index (κ2) is 7.13. The maximum atomic E-state index is 10.5. The van der Waals surface area contributed by atoms with Gasteiger partial charge in [-0.05, 0) is 35.4 Å². The van der Waals surface area contributed by atoms with E-state index in [4.69, 9.17) is 28.9 Å². The molecular formula is C16H25Cl2NO. The lowest BCUT2D eigenvalue weighted by Gasteiger charge is -2.32. The molecule has 2 nitrogen and oxygen atoms in total. The molecule has 1 aromatic rings. The van der Waals surface area contributed by atoms with Crippen molar-refractivity contribution >= 4 is 23.2 Å². The molecule has 4 heteroatoms. The Morgan fingerprint density at radius 2 is 1.70 bits per heavy atom. The molecular weight excluding hydrogens is 293 g/mol. The van der Waals surface area contributed by atoms with Crippen LogP contribution in [0.3, 0.4) is 0 Å². The van der Waals surface area contributed by atoms with Gasteiger partial charge in [-0.3, -0.25) is 0 Å². The number of halogens is 2. The third kappa shape index (κ3) is 4.36. The minimum absolute atomic E-state index is 0.143. The van der Waals surface area contributed by atoms with Crippen LogP contribution in [-0.4, -0.2) is 17.8 Å². The molecule has 0 aliphatic rings. The molecule has 20 heavy (non-hydrogen) atoms. The molecule has 0 amide bonds. The third-order valence-corrected chi connectivity index (χ3v) is 4.82. The van der Waals surface area contributed by atoms with Crippen LogP contribution in [0.5, 0.6) is 0 Å². The molecule has 0 aromatic heterocycles. The predicted molar refractivity (Wildman–Crippen MR) is 87.5 cm³/mol. The molecule has 1 rings (SSSR count). The lowest BCUT2D eigenvalue weighted by atomic mass is 9.76. The highest BCUT2D eigenvalue weighted by molar-refractivity contribution is 6.36. The Bertz CT molecular complexity index is 422. The number of hydrogen-bond acceptors (Lipinski definition) is 2. The summed E-state index contributed by atoms with van der Waals surface area (Å²) < 4.78 is 0. The minimum Gasteiger partial charge on any atom is -0.392 e. The fourth-order valence-electron chi connectivity index (χ4n) is 2.21. The normalized spacial score (nSPS) is 16.8. The monoisotopic (exact) mass is 317 g/mol. The van der Waals surface area contributed by atoms with Gasteiger partial charge in [-0.1, -0.05) is 57.0 Å². The van der Waals surface area contributed by atoms with Gasteiger partial charge in [0, 0.05) is 22.5 Å². The van der Waals surface area contributed by atoms with Gasteiger partial charge in [-0.25, -0.2) is 0 Å². The first kappa shape index (κ1) is 17.8. The molecule has 0 radical (unpaired) electrons. The average molecular weight is 318 g/mol. The van der Waals surface area contributed by atoms with Crippen molar-refractivity contribution in [2.45, 2.75) is 46.1 Å². The zero-order chi connectivity index (χ0) is 15.5. The SMILES string of the molecule is CC(CC(O)C(CN)c1c(Cl)cccc1Cl)C(C)(C)C. The summed E-state index contributed by atoms with van der Waals surface area (Å²) in [6.07, 6.45) is 0.124. The van der Waals surface area contributed by atoms with Crippen molar-refractivity contribution in [3.63, 3.8) is 0 Å². The van der Waals surface area contributed by atoms with E-state index in [2.05, 4.69) is 27.7 Å². The van der Waals surface area contributed by atoms with Gasteiger partial charge in [0.1, 0.15) is 0 Å². The lowest BCUT2D eigenvalue weighted by molar-refractivity contribution is 0.0895. The maximum absolute atomic E-state index is 10.5. The van der Waals surface area contributed by atoms with Gasteiger partial charge in [0.2, 0.25) is 0 Å². The van der Waals surface area contributed by atoms with E-state index in [1.54, 1.807) is 18.2 Å². The fraction of sp³-hybridized carbons (Fsp3) is 0.625. The smallest absolute Gasteiger partial charge is 0.0624 e. The van der Waals surface area contributed by atoms with Crippen molar-refractivity contribution < 1.29 is 5.11 Å². The summed E-state index contributed by atoms with van der Waals surface area (Å²) in [7, 11) is 0. The van der Waals surface area contributed by atoms with Crippen molar-refractivity contribution in [3.8, 4) is 0 Å². The average Bonchev–Trinajstić information content (AvgIpc) is 2.32. The fourth-order valence-corrected chi connectivity index (χ4v) is 2.89. The maximum Gasteiger partial charge on any atom is 0.0624 e. The van der Waals surface area contributed by atoms with E-state index in [-0.39, 0.29) is 11.3 Å². The van der Waals surface area contributed by atoms with Crippen LogP contribution in [0.4, 0.5) is 0 Å². The van der Waals surface area contributed by atoms with Crippen molar-refractivity contribution in [1.29, 1.82) is 0 Å².